The van der Waals surface area contributed by atoms with Gasteiger partial charge in [0.25, 0.3) is 0 Å². The molecule has 1 amide bonds. The summed E-state index contributed by atoms with van der Waals surface area (Å²) in [6.45, 7) is 3.12. The predicted octanol–water partition coefficient (Wildman–Crippen LogP) is 1.53. The van der Waals surface area contributed by atoms with Crippen molar-refractivity contribution >= 4 is 11.6 Å². The van der Waals surface area contributed by atoms with Gasteiger partial charge in [-0.25, -0.2) is 0 Å². The van der Waals surface area contributed by atoms with Crippen LogP contribution in [0.4, 0.5) is 5.69 Å². The van der Waals surface area contributed by atoms with Gasteiger partial charge in [-0.05, 0) is 31.0 Å². The maximum atomic E-state index is 12.4. The molecule has 2 unspecified atom stereocenters. The molecule has 1 heterocycles. The number of hydrogen-bond acceptors (Lipinski definition) is 3. The minimum atomic E-state index is -0.0310. The zero-order valence-corrected chi connectivity index (χ0v) is 10.9. The summed E-state index contributed by atoms with van der Waals surface area (Å²) < 4.78 is 5.45. The van der Waals surface area contributed by atoms with Crippen molar-refractivity contribution in [2.45, 2.75) is 26.0 Å². The van der Waals surface area contributed by atoms with Crippen molar-refractivity contribution < 1.29 is 9.53 Å². The maximum Gasteiger partial charge on any atom is 0.232 e. The SMILES string of the molecule is CC1OCCC1C(=O)N(C)c1cccc(CN)c1. The number of anilines is 1. The first kappa shape index (κ1) is 13.1. The van der Waals surface area contributed by atoms with Crippen LogP contribution < -0.4 is 10.6 Å². The summed E-state index contributed by atoms with van der Waals surface area (Å²) in [4.78, 5) is 14.1. The Kier molecular flexibility index (Phi) is 3.99. The fraction of sp³-hybridized carbons (Fsp3) is 0.500. The number of carbonyl (C=O) groups is 1. The molecular weight excluding hydrogens is 228 g/mol. The lowest BCUT2D eigenvalue weighted by Gasteiger charge is -2.23. The molecular formula is C14H20N2O2. The van der Waals surface area contributed by atoms with Crippen LogP contribution in [0.1, 0.15) is 18.9 Å². The summed E-state index contributed by atoms with van der Waals surface area (Å²) in [5.41, 5.74) is 7.54. The molecule has 0 bridgehead atoms. The number of nitrogens with two attached hydrogens (primary N) is 1. The van der Waals surface area contributed by atoms with Gasteiger partial charge >= 0.3 is 0 Å². The van der Waals surface area contributed by atoms with Gasteiger partial charge < -0.3 is 15.4 Å². The van der Waals surface area contributed by atoms with Gasteiger partial charge in [-0.15, -0.1) is 0 Å². The number of hydrogen-bond donors (Lipinski definition) is 1. The van der Waals surface area contributed by atoms with Crippen molar-refractivity contribution in [3.8, 4) is 0 Å². The molecule has 0 saturated carbocycles. The number of carbonyl (C=O) groups excluding carboxylic acids is 1. The molecule has 0 aromatic heterocycles. The third-order valence-electron chi connectivity index (χ3n) is 3.56. The van der Waals surface area contributed by atoms with Gasteiger partial charge in [-0.1, -0.05) is 12.1 Å². The van der Waals surface area contributed by atoms with Gasteiger partial charge in [-0.2, -0.15) is 0 Å². The summed E-state index contributed by atoms with van der Waals surface area (Å²) in [6, 6.07) is 7.77. The Morgan fingerprint density at radius 2 is 2.33 bits per heavy atom. The van der Waals surface area contributed by atoms with E-state index < -0.39 is 0 Å². The van der Waals surface area contributed by atoms with Crippen LogP contribution in [0.2, 0.25) is 0 Å². The van der Waals surface area contributed by atoms with Crippen LogP contribution >= 0.6 is 0 Å². The quantitative estimate of drug-likeness (QED) is 0.882. The highest BCUT2D eigenvalue weighted by Gasteiger charge is 2.33. The fourth-order valence-electron chi connectivity index (χ4n) is 2.32. The van der Waals surface area contributed by atoms with Crippen molar-refractivity contribution in [3.63, 3.8) is 0 Å². The lowest BCUT2D eigenvalue weighted by molar-refractivity contribution is -0.123. The fourth-order valence-corrected chi connectivity index (χ4v) is 2.32. The first-order valence-electron chi connectivity index (χ1n) is 6.31. The number of amides is 1. The van der Waals surface area contributed by atoms with E-state index in [-0.39, 0.29) is 17.9 Å². The average Bonchev–Trinajstić information content (AvgIpc) is 2.83. The molecule has 2 N–H and O–H groups in total. The molecule has 0 aliphatic carbocycles. The standard InChI is InChI=1S/C14H20N2O2/c1-10-13(6-7-18-10)14(17)16(2)12-5-3-4-11(8-12)9-15/h3-5,8,10,13H,6-7,9,15H2,1-2H3. The predicted molar refractivity (Wildman–Crippen MR) is 71.3 cm³/mol. The monoisotopic (exact) mass is 248 g/mol. The highest BCUT2D eigenvalue weighted by atomic mass is 16.5. The maximum absolute atomic E-state index is 12.4. The summed E-state index contributed by atoms with van der Waals surface area (Å²) in [5, 5.41) is 0. The van der Waals surface area contributed by atoms with Crippen LogP contribution in [-0.4, -0.2) is 25.7 Å². The Labute approximate surface area is 108 Å². The van der Waals surface area contributed by atoms with E-state index in [4.69, 9.17) is 10.5 Å². The second-order valence-electron chi connectivity index (χ2n) is 4.74. The van der Waals surface area contributed by atoms with Crippen LogP contribution in [0.25, 0.3) is 0 Å². The van der Waals surface area contributed by atoms with Crippen molar-refractivity contribution in [3.05, 3.63) is 29.8 Å². The van der Waals surface area contributed by atoms with E-state index in [0.717, 1.165) is 17.7 Å². The van der Waals surface area contributed by atoms with E-state index in [0.29, 0.717) is 13.2 Å². The Hall–Kier alpha value is -1.39. The van der Waals surface area contributed by atoms with Gasteiger partial charge in [0.05, 0.1) is 12.0 Å². The number of rotatable bonds is 3. The molecule has 1 aromatic carbocycles. The minimum Gasteiger partial charge on any atom is -0.378 e. The summed E-state index contributed by atoms with van der Waals surface area (Å²) in [5.74, 6) is 0.0886. The normalized spacial score (nSPS) is 23.1. The van der Waals surface area contributed by atoms with E-state index in [1.165, 1.54) is 0 Å². The Bertz CT molecular complexity index is 434. The summed E-state index contributed by atoms with van der Waals surface area (Å²) in [7, 11) is 1.81. The second-order valence-corrected chi connectivity index (χ2v) is 4.74. The summed E-state index contributed by atoms with van der Waals surface area (Å²) in [6.07, 6.45) is 0.818. The van der Waals surface area contributed by atoms with Gasteiger partial charge in [0.15, 0.2) is 0 Å². The molecule has 2 rings (SSSR count). The van der Waals surface area contributed by atoms with Crippen molar-refractivity contribution in [1.29, 1.82) is 0 Å². The number of ether oxygens (including phenoxy) is 1. The molecule has 18 heavy (non-hydrogen) atoms. The zero-order chi connectivity index (χ0) is 13.1. The van der Waals surface area contributed by atoms with Crippen LogP contribution in [0, 0.1) is 5.92 Å². The van der Waals surface area contributed by atoms with Crippen LogP contribution in [-0.2, 0) is 16.1 Å². The van der Waals surface area contributed by atoms with E-state index in [1.807, 2.05) is 38.2 Å². The van der Waals surface area contributed by atoms with E-state index in [9.17, 15) is 4.79 Å². The number of benzene rings is 1. The molecule has 1 aliphatic rings. The van der Waals surface area contributed by atoms with Gasteiger partial charge in [0, 0.05) is 25.9 Å². The highest BCUT2D eigenvalue weighted by Crippen LogP contribution is 2.25. The van der Waals surface area contributed by atoms with E-state index in [1.54, 1.807) is 4.90 Å². The topological polar surface area (TPSA) is 55.6 Å². The smallest absolute Gasteiger partial charge is 0.232 e. The van der Waals surface area contributed by atoms with E-state index in [2.05, 4.69) is 0 Å². The molecule has 1 saturated heterocycles. The molecule has 4 nitrogen and oxygen atoms in total. The van der Waals surface area contributed by atoms with Crippen LogP contribution in [0.3, 0.4) is 0 Å². The van der Waals surface area contributed by atoms with Crippen LogP contribution in [0.5, 0.6) is 0 Å². The molecule has 4 heteroatoms. The molecule has 0 radical (unpaired) electrons. The van der Waals surface area contributed by atoms with Crippen molar-refractivity contribution in [1.82, 2.24) is 0 Å². The second kappa shape index (κ2) is 5.50. The molecule has 1 fully saturated rings. The Morgan fingerprint density at radius 1 is 1.56 bits per heavy atom. The minimum absolute atomic E-state index is 0.0117. The van der Waals surface area contributed by atoms with Gasteiger partial charge in [-0.3, -0.25) is 4.79 Å². The average molecular weight is 248 g/mol. The largest absolute Gasteiger partial charge is 0.378 e. The molecule has 1 aromatic rings. The molecule has 2 atom stereocenters. The first-order valence-corrected chi connectivity index (χ1v) is 6.31. The highest BCUT2D eigenvalue weighted by molar-refractivity contribution is 5.95. The third-order valence-corrected chi connectivity index (χ3v) is 3.56. The lowest BCUT2D eigenvalue weighted by atomic mass is 10.0. The zero-order valence-electron chi connectivity index (χ0n) is 10.9. The van der Waals surface area contributed by atoms with E-state index >= 15 is 0 Å². The number of nitrogens with zero attached hydrogens (tertiary/aromatic N) is 1. The van der Waals surface area contributed by atoms with Gasteiger partial charge in [0.2, 0.25) is 5.91 Å². The molecule has 0 spiro atoms. The third kappa shape index (κ3) is 2.54. The van der Waals surface area contributed by atoms with Crippen molar-refractivity contribution in [2.75, 3.05) is 18.6 Å². The van der Waals surface area contributed by atoms with Gasteiger partial charge in [0.1, 0.15) is 0 Å². The summed E-state index contributed by atoms with van der Waals surface area (Å²) >= 11 is 0. The molecule has 98 valence electrons. The first-order chi connectivity index (χ1) is 8.63. The van der Waals surface area contributed by atoms with Crippen LogP contribution in [0.15, 0.2) is 24.3 Å². The van der Waals surface area contributed by atoms with Crippen molar-refractivity contribution in [2.24, 2.45) is 11.7 Å². The Balaban J connectivity index is 2.14. The molecule has 1 aliphatic heterocycles. The lowest BCUT2D eigenvalue weighted by Crippen LogP contribution is -2.36. The Morgan fingerprint density at radius 3 is 2.94 bits per heavy atom.